The van der Waals surface area contributed by atoms with E-state index in [-0.39, 0.29) is 0 Å². The third-order valence-corrected chi connectivity index (χ3v) is 9.54. The molecule has 0 radical (unpaired) electrons. The summed E-state index contributed by atoms with van der Waals surface area (Å²) in [5.74, 6) is 0. The Balaban J connectivity index is 1.05. The number of hydrogen-bond donors (Lipinski definition) is 0. The number of nitrogens with zero attached hydrogens (tertiary/aromatic N) is 10. The lowest BCUT2D eigenvalue weighted by Gasteiger charge is -2.05. The lowest BCUT2D eigenvalue weighted by molar-refractivity contribution is 1.08. The average molecular weight is 657 g/mol. The molecule has 0 amide bonds. The summed E-state index contributed by atoms with van der Waals surface area (Å²) >= 11 is 2.89. The molecule has 0 aliphatic carbocycles. The van der Waals surface area contributed by atoms with Crippen molar-refractivity contribution >= 4 is 44.5 Å². The van der Waals surface area contributed by atoms with Gasteiger partial charge in [0.25, 0.3) is 0 Å². The van der Waals surface area contributed by atoms with Gasteiger partial charge in [0.05, 0.1) is 33.8 Å². The van der Waals surface area contributed by atoms with Crippen LogP contribution < -0.4 is 0 Å². The molecule has 0 N–H and O–H groups in total. The molecule has 9 aromatic rings. The molecule has 0 bridgehead atoms. The summed E-state index contributed by atoms with van der Waals surface area (Å²) < 4.78 is 0. The van der Waals surface area contributed by atoms with Crippen molar-refractivity contribution in [2.24, 2.45) is 0 Å². The van der Waals surface area contributed by atoms with Crippen LogP contribution in [0.15, 0.2) is 122 Å². The summed E-state index contributed by atoms with van der Waals surface area (Å²) in [6.45, 7) is 0. The number of rotatable bonds is 6. The van der Waals surface area contributed by atoms with Gasteiger partial charge >= 0.3 is 0 Å². The summed E-state index contributed by atoms with van der Waals surface area (Å²) in [7, 11) is 0. The first-order valence-electron chi connectivity index (χ1n) is 14.9. The van der Waals surface area contributed by atoms with Gasteiger partial charge in [0.2, 0.25) is 0 Å². The molecule has 0 saturated heterocycles. The highest BCUT2D eigenvalue weighted by Gasteiger charge is 2.16. The van der Waals surface area contributed by atoms with Crippen molar-refractivity contribution in [3.8, 4) is 65.6 Å². The lowest BCUT2D eigenvalue weighted by atomic mass is 10.1. The molecule has 0 aliphatic rings. The molecule has 9 rings (SSSR count). The van der Waals surface area contributed by atoms with E-state index in [0.29, 0.717) is 31.4 Å². The summed E-state index contributed by atoms with van der Waals surface area (Å²) in [4.78, 5) is 28.5. The van der Waals surface area contributed by atoms with Gasteiger partial charge in [-0.15, -0.1) is 20.4 Å². The predicted molar refractivity (Wildman–Crippen MR) is 188 cm³/mol. The quantitative estimate of drug-likeness (QED) is 0.162. The first-order valence-corrected chi connectivity index (χ1v) is 16.5. The third-order valence-electron chi connectivity index (χ3n) is 7.60. The molecule has 0 fully saturated rings. The Kier molecular flexibility index (Phi) is 6.91. The van der Waals surface area contributed by atoms with Crippen LogP contribution in [0.2, 0.25) is 0 Å². The van der Waals surface area contributed by atoms with Crippen molar-refractivity contribution in [3.05, 3.63) is 122 Å². The van der Waals surface area contributed by atoms with Gasteiger partial charge in [-0.2, -0.15) is 0 Å². The monoisotopic (exact) mass is 656 g/mol. The third kappa shape index (κ3) is 5.24. The van der Waals surface area contributed by atoms with Crippen molar-refractivity contribution in [1.29, 1.82) is 0 Å². The highest BCUT2D eigenvalue weighted by atomic mass is 32.1. The maximum absolute atomic E-state index is 5.04. The second-order valence-electron chi connectivity index (χ2n) is 10.7. The highest BCUT2D eigenvalue weighted by molar-refractivity contribution is 7.18. The van der Waals surface area contributed by atoms with Crippen molar-refractivity contribution < 1.29 is 0 Å². The Morgan fingerprint density at radius 3 is 1.10 bits per heavy atom. The Morgan fingerprint density at radius 1 is 0.312 bits per heavy atom. The molecule has 226 valence electrons. The zero-order valence-corrected chi connectivity index (χ0v) is 26.5. The van der Waals surface area contributed by atoms with Gasteiger partial charge in [-0.25, -0.2) is 19.9 Å². The SMILES string of the molecule is c1ccc(-c2cccc(-c3nnc(-c4ccc5ccc6ccc(-c7nnc(-c8cccc(-c9ccccn9)n8)s7)nc6c5n4)s3)n2)nc1. The molecule has 48 heavy (non-hydrogen) atoms. The minimum absolute atomic E-state index is 0.694. The van der Waals surface area contributed by atoms with E-state index in [2.05, 4.69) is 42.5 Å². The van der Waals surface area contributed by atoms with E-state index >= 15 is 0 Å². The van der Waals surface area contributed by atoms with Crippen LogP contribution in [0.3, 0.4) is 0 Å². The second-order valence-corrected chi connectivity index (χ2v) is 12.6. The van der Waals surface area contributed by atoms with Crippen LogP contribution in [0.4, 0.5) is 0 Å². The van der Waals surface area contributed by atoms with E-state index in [1.165, 1.54) is 22.7 Å². The molecule has 1 aromatic carbocycles. The minimum atomic E-state index is 0.694. The van der Waals surface area contributed by atoms with Gasteiger partial charge in [0.15, 0.2) is 20.0 Å². The fourth-order valence-electron chi connectivity index (χ4n) is 5.29. The second kappa shape index (κ2) is 11.8. The summed E-state index contributed by atoms with van der Waals surface area (Å²) in [6, 6.07) is 35.3. The maximum Gasteiger partial charge on any atom is 0.166 e. The molecule has 8 aromatic heterocycles. The number of fused-ring (bicyclic) bond motifs is 3. The number of hydrogen-bond acceptors (Lipinski definition) is 12. The van der Waals surface area contributed by atoms with E-state index in [4.69, 9.17) is 19.9 Å². The van der Waals surface area contributed by atoms with E-state index < -0.39 is 0 Å². The fraction of sp³-hybridized carbons (Fsp3) is 0. The van der Waals surface area contributed by atoms with E-state index in [0.717, 1.165) is 56.0 Å². The Hall–Kier alpha value is -6.24. The summed E-state index contributed by atoms with van der Waals surface area (Å²) in [6.07, 6.45) is 3.51. The smallest absolute Gasteiger partial charge is 0.166 e. The first kappa shape index (κ1) is 28.0. The number of aromatic nitrogens is 10. The van der Waals surface area contributed by atoms with Crippen molar-refractivity contribution in [2.45, 2.75) is 0 Å². The van der Waals surface area contributed by atoms with Gasteiger partial charge in [0, 0.05) is 23.2 Å². The van der Waals surface area contributed by atoms with Crippen LogP contribution in [0.5, 0.6) is 0 Å². The standard InChI is InChI=1S/C36H20N10S2/c1-3-19-37-23(7-1)25-9-5-11-27(39-25)33-43-45-35(47-33)29-17-15-21-13-14-22-16-18-30(42-32(22)31(21)41-29)36-46-44-34(48-36)28-12-6-10-26(40-28)24-8-2-4-20-38-24/h1-20H. The Labute approximate surface area is 281 Å². The average Bonchev–Trinajstić information content (AvgIpc) is 3.87. The molecule has 0 atom stereocenters. The van der Waals surface area contributed by atoms with E-state index in [9.17, 15) is 0 Å². The molecule has 0 spiro atoms. The van der Waals surface area contributed by atoms with Gasteiger partial charge < -0.3 is 0 Å². The molecule has 10 nitrogen and oxygen atoms in total. The summed E-state index contributed by atoms with van der Waals surface area (Å²) in [5.41, 5.74) is 7.58. The highest BCUT2D eigenvalue weighted by Crippen LogP contribution is 2.34. The first-order chi connectivity index (χ1) is 23.7. The van der Waals surface area contributed by atoms with Crippen LogP contribution in [-0.2, 0) is 0 Å². The minimum Gasteiger partial charge on any atom is -0.255 e. The fourth-order valence-corrected chi connectivity index (χ4v) is 6.85. The largest absolute Gasteiger partial charge is 0.255 e. The van der Waals surface area contributed by atoms with E-state index in [1.807, 2.05) is 97.1 Å². The Bertz CT molecular complexity index is 2410. The Morgan fingerprint density at radius 2 is 0.688 bits per heavy atom. The van der Waals surface area contributed by atoms with Crippen LogP contribution in [0.1, 0.15) is 0 Å². The molecule has 0 unspecified atom stereocenters. The zero-order valence-electron chi connectivity index (χ0n) is 24.8. The van der Waals surface area contributed by atoms with Gasteiger partial charge in [-0.3, -0.25) is 9.97 Å². The normalized spacial score (nSPS) is 11.3. The summed E-state index contributed by atoms with van der Waals surface area (Å²) in [5, 5.41) is 22.6. The molecule has 12 heteroatoms. The van der Waals surface area contributed by atoms with Crippen LogP contribution in [0.25, 0.3) is 87.4 Å². The van der Waals surface area contributed by atoms with Gasteiger partial charge in [-0.1, -0.05) is 71.2 Å². The van der Waals surface area contributed by atoms with Crippen LogP contribution in [0, 0.1) is 0 Å². The van der Waals surface area contributed by atoms with Gasteiger partial charge in [-0.05, 0) is 60.7 Å². The zero-order chi connectivity index (χ0) is 31.9. The van der Waals surface area contributed by atoms with Crippen LogP contribution >= 0.6 is 22.7 Å². The van der Waals surface area contributed by atoms with Crippen molar-refractivity contribution in [1.82, 2.24) is 50.3 Å². The van der Waals surface area contributed by atoms with Gasteiger partial charge in [0.1, 0.15) is 22.8 Å². The van der Waals surface area contributed by atoms with E-state index in [1.54, 1.807) is 12.4 Å². The molecule has 0 saturated carbocycles. The maximum atomic E-state index is 5.04. The lowest BCUT2D eigenvalue weighted by Crippen LogP contribution is -1.90. The molecular weight excluding hydrogens is 637 g/mol. The molecular formula is C36H20N10S2. The predicted octanol–water partition coefficient (Wildman–Crippen LogP) is 8.07. The molecule has 8 heterocycles. The van der Waals surface area contributed by atoms with Crippen molar-refractivity contribution in [3.63, 3.8) is 0 Å². The molecule has 0 aliphatic heterocycles. The van der Waals surface area contributed by atoms with Crippen molar-refractivity contribution in [2.75, 3.05) is 0 Å². The van der Waals surface area contributed by atoms with Crippen LogP contribution in [-0.4, -0.2) is 50.3 Å². The topological polar surface area (TPSA) is 129 Å². The number of benzene rings is 1. The number of pyridine rings is 6.